The van der Waals surface area contributed by atoms with Crippen LogP contribution < -0.4 is 0 Å². The maximum Gasteiger partial charge on any atom is 0.494 e. The van der Waals surface area contributed by atoms with Gasteiger partial charge in [0.25, 0.3) is 0 Å². The van der Waals surface area contributed by atoms with E-state index >= 15 is 0 Å². The number of rotatable bonds is 2. The van der Waals surface area contributed by atoms with Crippen molar-refractivity contribution in [2.45, 2.75) is 6.92 Å². The average Bonchev–Trinajstić information content (AvgIpc) is 1.41. The minimum Gasteiger partial charge on any atom is -0.148 e. The van der Waals surface area contributed by atoms with Crippen molar-refractivity contribution in [1.82, 2.24) is 0 Å². The van der Waals surface area contributed by atoms with Crippen LogP contribution in [-0.4, -0.2) is 6.61 Å². The summed E-state index contributed by atoms with van der Waals surface area (Å²) < 4.78 is 13.6. The number of hydrogen-bond donors (Lipinski definition) is 0. The third-order valence-electron chi connectivity index (χ3n) is 0.203. The fraction of sp³-hybridized carbons (Fsp3) is 1.00. The minimum atomic E-state index is -0.592. The molecule has 0 aliphatic rings. The lowest BCUT2D eigenvalue weighted by Crippen LogP contribution is -1.65. The molecule has 0 aliphatic heterocycles. The van der Waals surface area contributed by atoms with E-state index in [1.165, 1.54) is 0 Å². The molecule has 1 atom stereocenters. The van der Waals surface area contributed by atoms with Crippen molar-refractivity contribution in [2.24, 2.45) is 0 Å². The molecule has 7 heavy (non-hydrogen) atoms. The van der Waals surface area contributed by atoms with Gasteiger partial charge in [0.2, 0.25) is 0 Å². The molecule has 0 radical (unpaired) electrons. The molecule has 0 aromatic rings. The molecule has 0 N–H and O–H groups in total. The Labute approximate surface area is 56.7 Å². The standard InChI is InChI=1S/C2H6O2P.2ClH/c1-2-4-5-3;;/h5H,2H2,1H3;2*1H/q+1;;. The zero-order chi connectivity index (χ0) is 4.12. The van der Waals surface area contributed by atoms with Crippen LogP contribution in [0.2, 0.25) is 0 Å². The van der Waals surface area contributed by atoms with E-state index in [2.05, 4.69) is 4.52 Å². The number of halogens is 2. The van der Waals surface area contributed by atoms with Gasteiger partial charge in [-0.15, -0.1) is 29.3 Å². The van der Waals surface area contributed by atoms with Crippen LogP contribution in [0.3, 0.4) is 0 Å². The summed E-state index contributed by atoms with van der Waals surface area (Å²) in [6.07, 6.45) is 0. The second-order valence-electron chi connectivity index (χ2n) is 0.516. The maximum atomic E-state index is 9.34. The molecule has 0 saturated carbocycles. The van der Waals surface area contributed by atoms with Gasteiger partial charge in [-0.2, -0.15) is 0 Å². The van der Waals surface area contributed by atoms with E-state index in [-0.39, 0.29) is 24.8 Å². The molecule has 2 nitrogen and oxygen atoms in total. The first kappa shape index (κ1) is 15.6. The van der Waals surface area contributed by atoms with E-state index in [0.717, 1.165) is 0 Å². The molecule has 0 aliphatic carbocycles. The van der Waals surface area contributed by atoms with Crippen molar-refractivity contribution in [3.8, 4) is 0 Å². The summed E-state index contributed by atoms with van der Waals surface area (Å²) >= 11 is 0. The summed E-state index contributed by atoms with van der Waals surface area (Å²) in [6.45, 7) is 2.34. The van der Waals surface area contributed by atoms with Crippen LogP contribution in [0, 0.1) is 0 Å². The van der Waals surface area contributed by atoms with Gasteiger partial charge < -0.3 is 0 Å². The highest BCUT2D eigenvalue weighted by atomic mass is 35.5. The second-order valence-corrected chi connectivity index (χ2v) is 0.972. The molecule has 0 amide bonds. The van der Waals surface area contributed by atoms with Gasteiger partial charge in [0, 0.05) is 0 Å². The fourth-order valence-electron chi connectivity index (χ4n) is 0.0589. The third kappa shape index (κ3) is 20.5. The molecule has 0 fully saturated rings. The highest BCUT2D eigenvalue weighted by Crippen LogP contribution is 1.89. The third-order valence-corrected chi connectivity index (χ3v) is 0.610. The lowest BCUT2D eigenvalue weighted by molar-refractivity contribution is 0.365. The van der Waals surface area contributed by atoms with E-state index in [1.54, 1.807) is 6.92 Å². The van der Waals surface area contributed by atoms with E-state index in [1.807, 2.05) is 0 Å². The molecule has 46 valence electrons. The van der Waals surface area contributed by atoms with Crippen LogP contribution in [0.15, 0.2) is 0 Å². The monoisotopic (exact) mass is 165 g/mol. The van der Waals surface area contributed by atoms with Crippen LogP contribution in [0.25, 0.3) is 0 Å². The smallest absolute Gasteiger partial charge is 0.148 e. The molecule has 0 spiro atoms. The molecular formula is C2H8Cl2O2P+. The van der Waals surface area contributed by atoms with E-state index in [9.17, 15) is 4.57 Å². The molecule has 0 aromatic heterocycles. The normalized spacial score (nSPS) is 6.43. The second kappa shape index (κ2) is 15.9. The van der Waals surface area contributed by atoms with Crippen LogP contribution in [0.1, 0.15) is 6.92 Å². The highest BCUT2D eigenvalue weighted by Gasteiger charge is 1.76. The average molecular weight is 166 g/mol. The topological polar surface area (TPSA) is 26.3 Å². The Kier molecular flexibility index (Phi) is 35.6. The van der Waals surface area contributed by atoms with Crippen molar-refractivity contribution in [3.63, 3.8) is 0 Å². The zero-order valence-electron chi connectivity index (χ0n) is 3.84. The van der Waals surface area contributed by atoms with Crippen molar-refractivity contribution in [1.29, 1.82) is 0 Å². The molecule has 0 bridgehead atoms. The van der Waals surface area contributed by atoms with Crippen molar-refractivity contribution in [2.75, 3.05) is 6.61 Å². The Morgan fingerprint density at radius 1 is 1.57 bits per heavy atom. The summed E-state index contributed by atoms with van der Waals surface area (Å²) in [5.41, 5.74) is 0. The zero-order valence-corrected chi connectivity index (χ0v) is 6.47. The van der Waals surface area contributed by atoms with Crippen LogP contribution in [0.5, 0.6) is 0 Å². The van der Waals surface area contributed by atoms with Crippen molar-refractivity contribution in [3.05, 3.63) is 0 Å². The van der Waals surface area contributed by atoms with E-state index in [4.69, 9.17) is 0 Å². The van der Waals surface area contributed by atoms with Gasteiger partial charge in [-0.1, -0.05) is 0 Å². The SMILES string of the molecule is CCO[PH+]=O.Cl.Cl. The predicted octanol–water partition coefficient (Wildman–Crippen LogP) is 1.81. The molecule has 0 rings (SSSR count). The van der Waals surface area contributed by atoms with Crippen LogP contribution >= 0.6 is 33.5 Å². The Hall–Kier alpha value is 0.640. The lowest BCUT2D eigenvalue weighted by atomic mass is 10.9. The summed E-state index contributed by atoms with van der Waals surface area (Å²) in [5, 5.41) is 0. The Bertz CT molecular complexity index is 34.9. The maximum absolute atomic E-state index is 9.34. The first-order valence-electron chi connectivity index (χ1n) is 1.40. The van der Waals surface area contributed by atoms with E-state index < -0.39 is 8.69 Å². The molecule has 1 unspecified atom stereocenters. The summed E-state index contributed by atoms with van der Waals surface area (Å²) in [7, 11) is -0.592. The fourth-order valence-corrected chi connectivity index (χ4v) is 0.177. The van der Waals surface area contributed by atoms with Crippen molar-refractivity contribution >= 4 is 33.5 Å². The quantitative estimate of drug-likeness (QED) is 0.584. The Morgan fingerprint density at radius 3 is 2.00 bits per heavy atom. The highest BCUT2D eigenvalue weighted by molar-refractivity contribution is 7.17. The van der Waals surface area contributed by atoms with Crippen molar-refractivity contribution < 1.29 is 9.09 Å². The molecule has 0 saturated heterocycles. The van der Waals surface area contributed by atoms with Gasteiger partial charge in [0.15, 0.2) is 0 Å². The summed E-state index contributed by atoms with van der Waals surface area (Å²) in [5.74, 6) is 0. The molecule has 0 heterocycles. The summed E-state index contributed by atoms with van der Waals surface area (Å²) in [6, 6.07) is 0. The van der Waals surface area contributed by atoms with Gasteiger partial charge in [-0.3, -0.25) is 0 Å². The lowest BCUT2D eigenvalue weighted by Gasteiger charge is -1.62. The van der Waals surface area contributed by atoms with E-state index in [0.29, 0.717) is 6.61 Å². The first-order valence-corrected chi connectivity index (χ1v) is 2.22. The molecule has 5 heteroatoms. The Morgan fingerprint density at radius 2 is 2.00 bits per heavy atom. The molecular weight excluding hydrogens is 158 g/mol. The molecule has 0 aromatic carbocycles. The largest absolute Gasteiger partial charge is 0.494 e. The number of hydrogen-bond acceptors (Lipinski definition) is 2. The van der Waals surface area contributed by atoms with Crippen LogP contribution in [0.4, 0.5) is 0 Å². The first-order chi connectivity index (χ1) is 2.41. The Balaban J connectivity index is -0.0000000800. The van der Waals surface area contributed by atoms with Gasteiger partial charge in [0.1, 0.15) is 0 Å². The predicted molar refractivity (Wildman–Crippen MR) is 35.1 cm³/mol. The van der Waals surface area contributed by atoms with Gasteiger partial charge in [-0.05, 0) is 11.5 Å². The van der Waals surface area contributed by atoms with Gasteiger partial charge in [-0.25, -0.2) is 0 Å². The summed E-state index contributed by atoms with van der Waals surface area (Å²) in [4.78, 5) is 0. The minimum absolute atomic E-state index is 0. The van der Waals surface area contributed by atoms with Gasteiger partial charge >= 0.3 is 8.69 Å². The van der Waals surface area contributed by atoms with Gasteiger partial charge in [0.05, 0.1) is 6.61 Å². The van der Waals surface area contributed by atoms with Crippen LogP contribution in [-0.2, 0) is 9.09 Å².